The van der Waals surface area contributed by atoms with Crippen molar-refractivity contribution in [1.29, 1.82) is 0 Å². The first kappa shape index (κ1) is 15.9. The predicted molar refractivity (Wildman–Crippen MR) is 61.0 cm³/mol. The smallest absolute Gasteiger partial charge is 0.261 e. The van der Waals surface area contributed by atoms with Crippen molar-refractivity contribution in [2.45, 2.75) is 12.5 Å². The molecule has 3 nitrogen and oxygen atoms in total. The Labute approximate surface area is 108 Å². The Hall–Kier alpha value is -1.18. The number of rotatable bonds is 8. The third-order valence-corrected chi connectivity index (χ3v) is 2.34. The van der Waals surface area contributed by atoms with Gasteiger partial charge in [-0.1, -0.05) is 6.07 Å². The molecule has 2 N–H and O–H groups in total. The van der Waals surface area contributed by atoms with Crippen LogP contribution in [0.5, 0.6) is 0 Å². The third-order valence-electron chi connectivity index (χ3n) is 2.34. The van der Waals surface area contributed by atoms with Crippen LogP contribution in [0.1, 0.15) is 11.7 Å². The van der Waals surface area contributed by atoms with Gasteiger partial charge in [0.25, 0.3) is 6.43 Å². The van der Waals surface area contributed by atoms with Crippen molar-refractivity contribution in [2.24, 2.45) is 0 Å². The highest BCUT2D eigenvalue weighted by Crippen LogP contribution is 2.19. The first-order valence-electron chi connectivity index (χ1n) is 5.71. The number of hydrogen-bond donors (Lipinski definition) is 2. The van der Waals surface area contributed by atoms with Crippen LogP contribution in [0.2, 0.25) is 0 Å². The lowest BCUT2D eigenvalue weighted by Gasteiger charge is -2.13. The molecule has 19 heavy (non-hydrogen) atoms. The molecule has 0 amide bonds. The van der Waals surface area contributed by atoms with E-state index in [0.717, 1.165) is 12.1 Å². The summed E-state index contributed by atoms with van der Waals surface area (Å²) < 4.78 is 54.6. The number of halogens is 4. The van der Waals surface area contributed by atoms with E-state index in [1.54, 1.807) is 0 Å². The number of benzene rings is 1. The summed E-state index contributed by atoms with van der Waals surface area (Å²) in [4.78, 5) is 0. The van der Waals surface area contributed by atoms with Gasteiger partial charge in [0.15, 0.2) is 0 Å². The molecule has 0 saturated carbocycles. The first-order valence-corrected chi connectivity index (χ1v) is 5.71. The molecular weight excluding hydrogens is 266 g/mol. The fourth-order valence-corrected chi connectivity index (χ4v) is 1.49. The van der Waals surface area contributed by atoms with E-state index >= 15 is 0 Å². The molecule has 0 aliphatic rings. The van der Waals surface area contributed by atoms with E-state index in [0.29, 0.717) is 0 Å². The normalized spacial score (nSPS) is 12.9. The van der Waals surface area contributed by atoms with E-state index in [1.807, 2.05) is 0 Å². The predicted octanol–water partition coefficient (Wildman–Crippen LogP) is 1.87. The van der Waals surface area contributed by atoms with Crippen LogP contribution >= 0.6 is 0 Å². The quantitative estimate of drug-likeness (QED) is 0.564. The van der Waals surface area contributed by atoms with Gasteiger partial charge in [-0.25, -0.2) is 17.6 Å². The number of ether oxygens (including phenoxy) is 1. The average Bonchev–Trinajstić information content (AvgIpc) is 2.33. The Morgan fingerprint density at radius 3 is 2.42 bits per heavy atom. The Balaban J connectivity index is 2.30. The van der Waals surface area contributed by atoms with E-state index in [2.05, 4.69) is 10.1 Å². The summed E-state index contributed by atoms with van der Waals surface area (Å²) in [6, 6.07) is 3.30. The molecule has 108 valence electrons. The SMILES string of the molecule is OC(CNCCOCC(F)F)c1c(F)cccc1F. The van der Waals surface area contributed by atoms with Gasteiger partial charge < -0.3 is 15.2 Å². The Bertz CT molecular complexity index is 370. The lowest BCUT2D eigenvalue weighted by Crippen LogP contribution is -2.26. The maximum Gasteiger partial charge on any atom is 0.261 e. The Kier molecular flexibility index (Phi) is 6.75. The standard InChI is InChI=1S/C12H15F4NO2/c13-8-2-1-3-9(14)12(8)10(18)6-17-4-5-19-7-11(15)16/h1-3,10-11,17-18H,4-7H2. The van der Waals surface area contributed by atoms with Gasteiger partial charge in [0.2, 0.25) is 0 Å². The second kappa shape index (κ2) is 8.08. The highest BCUT2D eigenvalue weighted by atomic mass is 19.3. The largest absolute Gasteiger partial charge is 0.387 e. The van der Waals surface area contributed by atoms with E-state index in [1.165, 1.54) is 6.07 Å². The second-order valence-electron chi connectivity index (χ2n) is 3.82. The molecule has 0 spiro atoms. The number of nitrogens with one attached hydrogen (secondary N) is 1. The molecule has 7 heteroatoms. The van der Waals surface area contributed by atoms with Gasteiger partial charge in [-0.05, 0) is 12.1 Å². The minimum Gasteiger partial charge on any atom is -0.387 e. The summed E-state index contributed by atoms with van der Waals surface area (Å²) in [6.07, 6.45) is -3.88. The number of alkyl halides is 2. The van der Waals surface area contributed by atoms with Crippen molar-refractivity contribution >= 4 is 0 Å². The van der Waals surface area contributed by atoms with Gasteiger partial charge in [0.1, 0.15) is 18.2 Å². The van der Waals surface area contributed by atoms with Crippen molar-refractivity contribution in [1.82, 2.24) is 5.32 Å². The van der Waals surface area contributed by atoms with Crippen LogP contribution in [0.3, 0.4) is 0 Å². The van der Waals surface area contributed by atoms with Crippen molar-refractivity contribution in [3.05, 3.63) is 35.4 Å². The topological polar surface area (TPSA) is 41.5 Å². The minimum atomic E-state index is -2.53. The van der Waals surface area contributed by atoms with Crippen molar-refractivity contribution < 1.29 is 27.4 Å². The molecule has 0 saturated heterocycles. The van der Waals surface area contributed by atoms with E-state index < -0.39 is 36.3 Å². The molecule has 0 aliphatic carbocycles. The molecular formula is C12H15F4NO2. The van der Waals surface area contributed by atoms with Crippen LogP contribution in [0.4, 0.5) is 17.6 Å². The highest BCUT2D eigenvalue weighted by molar-refractivity contribution is 5.22. The molecule has 0 fully saturated rings. The zero-order chi connectivity index (χ0) is 14.3. The van der Waals surface area contributed by atoms with Crippen LogP contribution in [-0.2, 0) is 4.74 Å². The van der Waals surface area contributed by atoms with E-state index in [-0.39, 0.29) is 19.7 Å². The Morgan fingerprint density at radius 1 is 1.21 bits per heavy atom. The first-order chi connectivity index (χ1) is 9.02. The van der Waals surface area contributed by atoms with Gasteiger partial charge in [0.05, 0.1) is 18.3 Å². The average molecular weight is 281 g/mol. The monoisotopic (exact) mass is 281 g/mol. The molecule has 1 aromatic carbocycles. The van der Waals surface area contributed by atoms with Crippen LogP contribution in [0, 0.1) is 11.6 Å². The van der Waals surface area contributed by atoms with Gasteiger partial charge in [-0.2, -0.15) is 0 Å². The lowest BCUT2D eigenvalue weighted by molar-refractivity contribution is 0.0180. The molecule has 0 radical (unpaired) electrons. The fraction of sp³-hybridized carbons (Fsp3) is 0.500. The van der Waals surface area contributed by atoms with Crippen molar-refractivity contribution in [2.75, 3.05) is 26.3 Å². The number of aliphatic hydroxyl groups excluding tert-OH is 1. The zero-order valence-electron chi connectivity index (χ0n) is 10.1. The summed E-state index contributed by atoms with van der Waals surface area (Å²) in [6.45, 7) is -0.543. The Morgan fingerprint density at radius 2 is 1.84 bits per heavy atom. The molecule has 0 aliphatic heterocycles. The van der Waals surface area contributed by atoms with Crippen molar-refractivity contribution in [3.8, 4) is 0 Å². The summed E-state index contributed by atoms with van der Waals surface area (Å²) in [5.74, 6) is -1.66. The summed E-state index contributed by atoms with van der Waals surface area (Å²) in [5, 5.41) is 12.3. The molecule has 1 rings (SSSR count). The molecule has 1 atom stereocenters. The minimum absolute atomic E-state index is 0.0246. The van der Waals surface area contributed by atoms with E-state index in [9.17, 15) is 22.7 Å². The molecule has 0 heterocycles. The lowest BCUT2D eigenvalue weighted by atomic mass is 10.1. The molecule has 1 aromatic rings. The maximum absolute atomic E-state index is 13.3. The summed E-state index contributed by atoms with van der Waals surface area (Å²) in [7, 11) is 0. The maximum atomic E-state index is 13.3. The third kappa shape index (κ3) is 5.54. The molecule has 0 bridgehead atoms. The summed E-state index contributed by atoms with van der Waals surface area (Å²) in [5.41, 5.74) is -0.413. The molecule has 1 unspecified atom stereocenters. The van der Waals surface area contributed by atoms with E-state index in [4.69, 9.17) is 0 Å². The van der Waals surface area contributed by atoms with Gasteiger partial charge in [0, 0.05) is 13.1 Å². The van der Waals surface area contributed by atoms with Gasteiger partial charge in [-0.3, -0.25) is 0 Å². The summed E-state index contributed by atoms with van der Waals surface area (Å²) >= 11 is 0. The van der Waals surface area contributed by atoms with Crippen LogP contribution in [0.15, 0.2) is 18.2 Å². The second-order valence-corrected chi connectivity index (χ2v) is 3.82. The number of aliphatic hydroxyl groups is 1. The zero-order valence-corrected chi connectivity index (χ0v) is 10.1. The van der Waals surface area contributed by atoms with Gasteiger partial charge >= 0.3 is 0 Å². The van der Waals surface area contributed by atoms with Crippen LogP contribution in [0.25, 0.3) is 0 Å². The fourth-order valence-electron chi connectivity index (χ4n) is 1.49. The molecule has 0 aromatic heterocycles. The van der Waals surface area contributed by atoms with Crippen LogP contribution in [-0.4, -0.2) is 37.8 Å². The van der Waals surface area contributed by atoms with Gasteiger partial charge in [-0.15, -0.1) is 0 Å². The van der Waals surface area contributed by atoms with Crippen molar-refractivity contribution in [3.63, 3.8) is 0 Å². The highest BCUT2D eigenvalue weighted by Gasteiger charge is 2.16. The van der Waals surface area contributed by atoms with Crippen LogP contribution < -0.4 is 5.32 Å². The number of hydrogen-bond acceptors (Lipinski definition) is 3.